The number of benzene rings is 3. The van der Waals surface area contributed by atoms with E-state index in [9.17, 15) is 9.90 Å². The summed E-state index contributed by atoms with van der Waals surface area (Å²) in [6.07, 6.45) is 5.32. The summed E-state index contributed by atoms with van der Waals surface area (Å²) in [5.41, 5.74) is 4.37. The zero-order valence-electron chi connectivity index (χ0n) is 21.6. The zero-order valence-corrected chi connectivity index (χ0v) is 21.6. The Labute approximate surface area is 223 Å². The van der Waals surface area contributed by atoms with Crippen molar-refractivity contribution >= 4 is 5.97 Å². The van der Waals surface area contributed by atoms with Crippen LogP contribution >= 0.6 is 0 Å². The van der Waals surface area contributed by atoms with Crippen molar-refractivity contribution in [3.8, 4) is 0 Å². The number of carbonyl (C=O) groups is 1. The number of aromatic nitrogens is 2. The number of hydrogen-bond donors (Lipinski definition) is 1. The minimum Gasteiger partial charge on any atom is -0.462 e. The molecule has 1 unspecified atom stereocenters. The Bertz CT molecular complexity index is 1270. The van der Waals surface area contributed by atoms with E-state index in [0.29, 0.717) is 31.7 Å². The Morgan fingerprint density at radius 1 is 0.974 bits per heavy atom. The molecule has 2 heterocycles. The Morgan fingerprint density at radius 3 is 2.05 bits per heavy atom. The van der Waals surface area contributed by atoms with Crippen LogP contribution in [0.15, 0.2) is 115 Å². The molecule has 0 saturated carbocycles. The van der Waals surface area contributed by atoms with Gasteiger partial charge in [0.25, 0.3) is 0 Å². The van der Waals surface area contributed by atoms with Gasteiger partial charge in [0.1, 0.15) is 0 Å². The molecule has 6 nitrogen and oxygen atoms in total. The summed E-state index contributed by atoms with van der Waals surface area (Å²) in [5.74, 6) is -0.381. The molecule has 1 atom stereocenters. The molecule has 0 radical (unpaired) electrons. The van der Waals surface area contributed by atoms with Crippen molar-refractivity contribution in [3.63, 3.8) is 0 Å². The highest BCUT2D eigenvalue weighted by molar-refractivity contribution is 5.88. The van der Waals surface area contributed by atoms with Crippen LogP contribution in [0.2, 0.25) is 0 Å². The number of aliphatic hydroxyl groups is 1. The van der Waals surface area contributed by atoms with Crippen molar-refractivity contribution in [2.24, 2.45) is 0 Å². The smallest absolute Gasteiger partial charge is 0.341 e. The average Bonchev–Trinajstić information content (AvgIpc) is 3.45. The summed E-state index contributed by atoms with van der Waals surface area (Å²) in [4.78, 5) is 14.5. The molecule has 4 aromatic rings. The van der Waals surface area contributed by atoms with Crippen molar-refractivity contribution in [1.29, 1.82) is 0 Å². The highest BCUT2D eigenvalue weighted by atomic mass is 16.5. The molecule has 0 bridgehead atoms. The summed E-state index contributed by atoms with van der Waals surface area (Å²) in [6.45, 7) is 3.87. The molecular formula is C32H33N3O3. The number of rotatable bonds is 8. The normalized spacial score (nSPS) is 17.4. The molecule has 0 spiro atoms. The summed E-state index contributed by atoms with van der Waals surface area (Å²) in [7, 11) is 0. The van der Waals surface area contributed by atoms with Crippen molar-refractivity contribution in [2.45, 2.75) is 31.5 Å². The van der Waals surface area contributed by atoms with Crippen molar-refractivity contribution in [3.05, 3.63) is 137 Å². The van der Waals surface area contributed by atoms with Crippen molar-refractivity contribution < 1.29 is 14.6 Å². The third kappa shape index (κ3) is 5.05. The van der Waals surface area contributed by atoms with Gasteiger partial charge >= 0.3 is 5.97 Å². The number of likely N-dealkylation sites (tertiary alicyclic amines) is 1. The lowest BCUT2D eigenvalue weighted by Crippen LogP contribution is -2.53. The number of piperidine rings is 1. The molecule has 1 fully saturated rings. The fraction of sp³-hybridized carbons (Fsp3) is 0.250. The van der Waals surface area contributed by atoms with E-state index in [-0.39, 0.29) is 5.97 Å². The maximum atomic E-state index is 12.0. The van der Waals surface area contributed by atoms with Crippen molar-refractivity contribution in [1.82, 2.24) is 14.7 Å². The highest BCUT2D eigenvalue weighted by Gasteiger charge is 2.44. The maximum Gasteiger partial charge on any atom is 0.341 e. The average molecular weight is 508 g/mol. The van der Waals surface area contributed by atoms with E-state index in [1.807, 2.05) is 24.3 Å². The molecule has 38 heavy (non-hydrogen) atoms. The standard InChI is InChI=1S/C32H33N3O3/c1-2-38-31(37)26-22-33-35(24-26)21-18-25-23-34(20-19-30(25)36)32(27-12-6-3-7-13-27,28-14-8-4-9-15-28)29-16-10-5-11-17-29/h3-18,22,24,30,36H,2,19-21,23H2,1H3. The van der Waals surface area contributed by atoms with E-state index in [1.54, 1.807) is 17.8 Å². The van der Waals surface area contributed by atoms with E-state index in [4.69, 9.17) is 4.74 Å². The van der Waals surface area contributed by atoms with Gasteiger partial charge in [0.05, 0.1) is 36.6 Å². The van der Waals surface area contributed by atoms with Gasteiger partial charge in [0.2, 0.25) is 0 Å². The zero-order chi connectivity index (χ0) is 26.4. The van der Waals surface area contributed by atoms with Gasteiger partial charge in [-0.2, -0.15) is 5.10 Å². The van der Waals surface area contributed by atoms with Gasteiger partial charge in [-0.25, -0.2) is 4.79 Å². The van der Waals surface area contributed by atoms with Crippen LogP contribution in [0.4, 0.5) is 0 Å². The highest BCUT2D eigenvalue weighted by Crippen LogP contribution is 2.44. The third-order valence-corrected chi connectivity index (χ3v) is 7.21. The lowest BCUT2D eigenvalue weighted by Gasteiger charge is -2.48. The summed E-state index contributed by atoms with van der Waals surface area (Å²) >= 11 is 0. The van der Waals surface area contributed by atoms with Gasteiger partial charge < -0.3 is 9.84 Å². The van der Waals surface area contributed by atoms with E-state index < -0.39 is 11.6 Å². The van der Waals surface area contributed by atoms with Gasteiger partial charge in [-0.05, 0) is 35.6 Å². The van der Waals surface area contributed by atoms with Crippen LogP contribution in [0.1, 0.15) is 40.4 Å². The lowest BCUT2D eigenvalue weighted by atomic mass is 9.74. The lowest BCUT2D eigenvalue weighted by molar-refractivity contribution is 0.0526. The van der Waals surface area contributed by atoms with E-state index in [1.165, 1.54) is 22.9 Å². The molecule has 1 aromatic heterocycles. The number of esters is 1. The summed E-state index contributed by atoms with van der Waals surface area (Å²) in [6, 6.07) is 31.8. The van der Waals surface area contributed by atoms with Crippen LogP contribution < -0.4 is 0 Å². The van der Waals surface area contributed by atoms with E-state index >= 15 is 0 Å². The second-order valence-electron chi connectivity index (χ2n) is 9.49. The van der Waals surface area contributed by atoms with Gasteiger partial charge in [0, 0.05) is 19.3 Å². The molecule has 194 valence electrons. The first-order valence-corrected chi connectivity index (χ1v) is 13.1. The molecule has 0 amide bonds. The van der Waals surface area contributed by atoms with Crippen LogP contribution in [0.5, 0.6) is 0 Å². The molecule has 1 aliphatic heterocycles. The fourth-order valence-electron chi connectivity index (χ4n) is 5.44. The van der Waals surface area contributed by atoms with Gasteiger partial charge in [0.15, 0.2) is 0 Å². The minimum atomic E-state index is -0.536. The molecule has 5 rings (SSSR count). The number of hydrogen-bond acceptors (Lipinski definition) is 5. The third-order valence-electron chi connectivity index (χ3n) is 7.21. The minimum absolute atomic E-state index is 0.322. The first kappa shape index (κ1) is 25.6. The number of carbonyl (C=O) groups excluding carboxylic acids is 1. The van der Waals surface area contributed by atoms with E-state index in [0.717, 1.165) is 12.1 Å². The van der Waals surface area contributed by atoms with Gasteiger partial charge in [-0.15, -0.1) is 0 Å². The Balaban J connectivity index is 1.54. The molecule has 1 saturated heterocycles. The quantitative estimate of drug-likeness (QED) is 0.206. The van der Waals surface area contributed by atoms with Crippen molar-refractivity contribution in [2.75, 3.05) is 19.7 Å². The number of ether oxygens (including phenoxy) is 1. The largest absolute Gasteiger partial charge is 0.462 e. The molecule has 3 aromatic carbocycles. The molecule has 0 aliphatic carbocycles. The van der Waals surface area contributed by atoms with Crippen LogP contribution in [0.3, 0.4) is 0 Å². The Kier molecular flexibility index (Phi) is 7.82. The number of allylic oxidation sites excluding steroid dienone is 1. The first-order valence-electron chi connectivity index (χ1n) is 13.1. The maximum absolute atomic E-state index is 12.0. The Morgan fingerprint density at radius 2 is 1.53 bits per heavy atom. The number of nitrogens with zero attached hydrogens (tertiary/aromatic N) is 3. The van der Waals surface area contributed by atoms with E-state index in [2.05, 4.69) is 82.8 Å². The second-order valence-corrected chi connectivity index (χ2v) is 9.49. The molecule has 1 N–H and O–H groups in total. The Hall–Kier alpha value is -4.00. The predicted molar refractivity (Wildman–Crippen MR) is 148 cm³/mol. The second kappa shape index (κ2) is 11.6. The van der Waals surface area contributed by atoms with Crippen LogP contribution in [-0.4, -0.2) is 51.6 Å². The monoisotopic (exact) mass is 507 g/mol. The van der Waals surface area contributed by atoms with Gasteiger partial charge in [-0.1, -0.05) is 97.1 Å². The molecule has 6 heteroatoms. The van der Waals surface area contributed by atoms with Gasteiger partial charge in [-0.3, -0.25) is 9.58 Å². The topological polar surface area (TPSA) is 67.6 Å². The summed E-state index contributed by atoms with van der Waals surface area (Å²) in [5, 5.41) is 15.3. The molecular weight excluding hydrogens is 474 g/mol. The van der Waals surface area contributed by atoms with Crippen LogP contribution in [-0.2, 0) is 16.8 Å². The summed E-state index contributed by atoms with van der Waals surface area (Å²) < 4.78 is 6.77. The first-order chi connectivity index (χ1) is 18.6. The predicted octanol–water partition coefficient (Wildman–Crippen LogP) is 5.04. The fourth-order valence-corrected chi connectivity index (χ4v) is 5.44. The van der Waals surface area contributed by atoms with Crippen LogP contribution in [0, 0.1) is 0 Å². The van der Waals surface area contributed by atoms with Crippen LogP contribution in [0.25, 0.3) is 0 Å². The molecule has 1 aliphatic rings. The SMILES string of the molecule is CCOC(=O)c1cnn(CC=C2CN(C(c3ccccc3)(c3ccccc3)c3ccccc3)CCC2O)c1. The number of aliphatic hydroxyl groups excluding tert-OH is 1.